The number of pyridine rings is 1. The van der Waals surface area contributed by atoms with E-state index in [2.05, 4.69) is 15.3 Å². The second-order valence-electron chi connectivity index (χ2n) is 3.16. The number of amides is 1. The number of anilines is 2. The molecular weight excluding hydrogens is 224 g/mol. The lowest BCUT2D eigenvalue weighted by Crippen LogP contribution is -2.13. The normalized spacial score (nSPS) is 10.1. The molecule has 2 aromatic rings. The summed E-state index contributed by atoms with van der Waals surface area (Å²) in [6.45, 7) is 1.82. The third-order valence-electron chi connectivity index (χ3n) is 2.01. The first-order chi connectivity index (χ1) is 7.66. The van der Waals surface area contributed by atoms with Crippen LogP contribution in [0.2, 0.25) is 0 Å². The maximum atomic E-state index is 11.7. The first kappa shape index (κ1) is 10.6. The summed E-state index contributed by atoms with van der Waals surface area (Å²) in [4.78, 5) is 19.7. The predicted octanol–water partition coefficient (Wildman–Crippen LogP) is 1.68. The van der Waals surface area contributed by atoms with Crippen LogP contribution in [0.4, 0.5) is 10.8 Å². The fraction of sp³-hybridized carbons (Fsp3) is 0.100. The maximum absolute atomic E-state index is 11.7. The molecule has 2 heterocycles. The van der Waals surface area contributed by atoms with Crippen molar-refractivity contribution in [2.75, 3.05) is 11.1 Å². The van der Waals surface area contributed by atoms with E-state index in [9.17, 15) is 4.79 Å². The average molecular weight is 234 g/mol. The lowest BCUT2D eigenvalue weighted by molar-refractivity contribution is 0.102. The standard InChI is InChI=1S/C10H10N4OS/c1-6-7(3-2-4-12-6)13-9(15)8-5-16-10(11)14-8/h2-5H,1H3,(H2,11,14)(H,13,15). The number of nitrogen functional groups attached to an aromatic ring is 1. The van der Waals surface area contributed by atoms with E-state index < -0.39 is 0 Å². The van der Waals surface area contributed by atoms with E-state index in [1.165, 1.54) is 11.3 Å². The first-order valence-corrected chi connectivity index (χ1v) is 5.49. The lowest BCUT2D eigenvalue weighted by atomic mass is 10.3. The van der Waals surface area contributed by atoms with Crippen LogP contribution in [0.15, 0.2) is 23.7 Å². The number of nitrogens with zero attached hydrogens (tertiary/aromatic N) is 2. The number of carbonyl (C=O) groups excluding carboxylic acids is 1. The molecule has 0 aliphatic carbocycles. The quantitative estimate of drug-likeness (QED) is 0.828. The Morgan fingerprint density at radius 1 is 1.56 bits per heavy atom. The van der Waals surface area contributed by atoms with Crippen LogP contribution in [0, 0.1) is 6.92 Å². The van der Waals surface area contributed by atoms with Gasteiger partial charge in [-0.1, -0.05) is 0 Å². The smallest absolute Gasteiger partial charge is 0.275 e. The summed E-state index contributed by atoms with van der Waals surface area (Å²) >= 11 is 1.24. The molecule has 2 aromatic heterocycles. The van der Waals surface area contributed by atoms with Gasteiger partial charge in [-0.2, -0.15) is 0 Å². The minimum Gasteiger partial charge on any atom is -0.375 e. The molecule has 16 heavy (non-hydrogen) atoms. The molecule has 0 unspecified atom stereocenters. The third kappa shape index (κ3) is 2.17. The van der Waals surface area contributed by atoms with Crippen molar-refractivity contribution in [1.29, 1.82) is 0 Å². The van der Waals surface area contributed by atoms with Gasteiger partial charge in [0, 0.05) is 11.6 Å². The van der Waals surface area contributed by atoms with Gasteiger partial charge in [0.05, 0.1) is 11.4 Å². The summed E-state index contributed by atoms with van der Waals surface area (Å²) in [5.41, 5.74) is 7.22. The van der Waals surface area contributed by atoms with Gasteiger partial charge in [0.15, 0.2) is 5.13 Å². The molecule has 0 radical (unpaired) electrons. The fourth-order valence-electron chi connectivity index (χ4n) is 1.19. The van der Waals surface area contributed by atoms with E-state index in [1.54, 1.807) is 23.7 Å². The molecular formula is C10H10N4OS. The highest BCUT2D eigenvalue weighted by Gasteiger charge is 2.10. The molecule has 0 aliphatic heterocycles. The molecule has 0 bridgehead atoms. The Balaban J connectivity index is 2.17. The third-order valence-corrected chi connectivity index (χ3v) is 2.68. The molecule has 0 aliphatic rings. The number of aromatic nitrogens is 2. The van der Waals surface area contributed by atoms with Gasteiger partial charge < -0.3 is 11.1 Å². The summed E-state index contributed by atoms with van der Waals surface area (Å²) in [7, 11) is 0. The fourth-order valence-corrected chi connectivity index (χ4v) is 1.74. The molecule has 0 saturated carbocycles. The van der Waals surface area contributed by atoms with Crippen LogP contribution in [0.3, 0.4) is 0 Å². The van der Waals surface area contributed by atoms with Gasteiger partial charge >= 0.3 is 0 Å². The van der Waals surface area contributed by atoms with Gasteiger partial charge in [0.25, 0.3) is 5.91 Å². The summed E-state index contributed by atoms with van der Waals surface area (Å²) in [5, 5.41) is 4.73. The molecule has 82 valence electrons. The van der Waals surface area contributed by atoms with Crippen LogP contribution in [0.1, 0.15) is 16.2 Å². The minimum atomic E-state index is -0.274. The number of hydrogen-bond donors (Lipinski definition) is 2. The monoisotopic (exact) mass is 234 g/mol. The zero-order valence-electron chi connectivity index (χ0n) is 8.60. The summed E-state index contributed by atoms with van der Waals surface area (Å²) in [6, 6.07) is 3.55. The van der Waals surface area contributed by atoms with E-state index in [-0.39, 0.29) is 5.91 Å². The van der Waals surface area contributed by atoms with Crippen LogP contribution < -0.4 is 11.1 Å². The average Bonchev–Trinajstić information content (AvgIpc) is 2.68. The molecule has 0 saturated heterocycles. The molecule has 2 rings (SSSR count). The number of thiazole rings is 1. The zero-order valence-corrected chi connectivity index (χ0v) is 9.41. The van der Waals surface area contributed by atoms with Crippen molar-refractivity contribution in [1.82, 2.24) is 9.97 Å². The molecule has 3 N–H and O–H groups in total. The van der Waals surface area contributed by atoms with Crippen molar-refractivity contribution >= 4 is 28.1 Å². The second kappa shape index (κ2) is 4.28. The highest BCUT2D eigenvalue weighted by molar-refractivity contribution is 7.13. The van der Waals surface area contributed by atoms with Crippen LogP contribution >= 0.6 is 11.3 Å². The van der Waals surface area contributed by atoms with Crippen LogP contribution in [-0.2, 0) is 0 Å². The van der Waals surface area contributed by atoms with E-state index >= 15 is 0 Å². The van der Waals surface area contributed by atoms with Crippen molar-refractivity contribution in [3.05, 3.63) is 35.1 Å². The Morgan fingerprint density at radius 3 is 3.00 bits per heavy atom. The van der Waals surface area contributed by atoms with Crippen LogP contribution in [0.5, 0.6) is 0 Å². The van der Waals surface area contributed by atoms with Crippen LogP contribution in [0.25, 0.3) is 0 Å². The van der Waals surface area contributed by atoms with E-state index in [4.69, 9.17) is 5.73 Å². The first-order valence-electron chi connectivity index (χ1n) is 4.61. The molecule has 1 amide bonds. The highest BCUT2D eigenvalue weighted by Crippen LogP contribution is 2.15. The largest absolute Gasteiger partial charge is 0.375 e. The molecule has 6 heteroatoms. The van der Waals surface area contributed by atoms with Gasteiger partial charge in [0.1, 0.15) is 5.69 Å². The molecule has 0 spiro atoms. The van der Waals surface area contributed by atoms with Crippen LogP contribution in [-0.4, -0.2) is 15.9 Å². The molecule has 5 nitrogen and oxygen atoms in total. The van der Waals surface area contributed by atoms with Crippen molar-refractivity contribution in [2.45, 2.75) is 6.92 Å². The Hall–Kier alpha value is -1.95. The van der Waals surface area contributed by atoms with Gasteiger partial charge in [0.2, 0.25) is 0 Å². The summed E-state index contributed by atoms with van der Waals surface area (Å²) in [6.07, 6.45) is 1.67. The molecule has 0 atom stereocenters. The minimum absolute atomic E-state index is 0.274. The number of nitrogens with one attached hydrogen (secondary N) is 1. The lowest BCUT2D eigenvalue weighted by Gasteiger charge is -2.04. The maximum Gasteiger partial charge on any atom is 0.275 e. The van der Waals surface area contributed by atoms with E-state index in [0.717, 1.165) is 5.69 Å². The summed E-state index contributed by atoms with van der Waals surface area (Å²) in [5.74, 6) is -0.274. The summed E-state index contributed by atoms with van der Waals surface area (Å²) < 4.78 is 0. The topological polar surface area (TPSA) is 80.9 Å². The Morgan fingerprint density at radius 2 is 2.38 bits per heavy atom. The van der Waals surface area contributed by atoms with Gasteiger partial charge in [-0.3, -0.25) is 9.78 Å². The number of carbonyl (C=O) groups is 1. The van der Waals surface area contributed by atoms with Crippen molar-refractivity contribution in [2.24, 2.45) is 0 Å². The van der Waals surface area contributed by atoms with Crippen molar-refractivity contribution in [3.63, 3.8) is 0 Å². The van der Waals surface area contributed by atoms with Gasteiger partial charge in [-0.15, -0.1) is 11.3 Å². The van der Waals surface area contributed by atoms with Gasteiger partial charge in [-0.25, -0.2) is 4.98 Å². The van der Waals surface area contributed by atoms with Gasteiger partial charge in [-0.05, 0) is 19.1 Å². The van der Waals surface area contributed by atoms with E-state index in [1.807, 2.05) is 6.92 Å². The molecule has 0 aromatic carbocycles. The zero-order chi connectivity index (χ0) is 11.5. The Bertz CT molecular complexity index is 523. The Kier molecular flexibility index (Phi) is 2.82. The van der Waals surface area contributed by atoms with Crippen molar-refractivity contribution < 1.29 is 4.79 Å². The number of rotatable bonds is 2. The Labute approximate surface area is 96.3 Å². The van der Waals surface area contributed by atoms with Crippen molar-refractivity contribution in [3.8, 4) is 0 Å². The number of hydrogen-bond acceptors (Lipinski definition) is 5. The van der Waals surface area contributed by atoms with E-state index in [0.29, 0.717) is 16.5 Å². The second-order valence-corrected chi connectivity index (χ2v) is 4.05. The molecule has 0 fully saturated rings. The number of nitrogens with two attached hydrogens (primary N) is 1. The number of aryl methyl sites for hydroxylation is 1. The SMILES string of the molecule is Cc1ncccc1NC(=O)c1csc(N)n1. The predicted molar refractivity (Wildman–Crippen MR) is 63.5 cm³/mol. The highest BCUT2D eigenvalue weighted by atomic mass is 32.1.